The molecule has 4 aliphatic rings. The highest BCUT2D eigenvalue weighted by molar-refractivity contribution is 5.80. The molecule has 1 saturated carbocycles. The van der Waals surface area contributed by atoms with Gasteiger partial charge in [0.25, 0.3) is 0 Å². The van der Waals surface area contributed by atoms with Crippen molar-refractivity contribution in [1.29, 1.82) is 0 Å². The van der Waals surface area contributed by atoms with Crippen LogP contribution in [-0.2, 0) is 19.0 Å². The van der Waals surface area contributed by atoms with Gasteiger partial charge in [0, 0.05) is 25.4 Å². The standard InChI is InChI=1S/C15H22N2O5/c18-13(11-2-1-4-15(11)21-6-7-22-15)17-5-3-10-9-20-14(19)16-12(10)8-17/h10-12H,1-9H2,(H,16,19)/t10-,11?,12+/m1/s1. The number of carbonyl (C=O) groups is 2. The molecule has 2 amide bonds. The Balaban J connectivity index is 1.45. The summed E-state index contributed by atoms with van der Waals surface area (Å²) in [4.78, 5) is 26.2. The average Bonchev–Trinajstić information content (AvgIpc) is 3.16. The number of likely N-dealkylation sites (tertiary alicyclic amines) is 1. The topological polar surface area (TPSA) is 77.1 Å². The maximum Gasteiger partial charge on any atom is 0.407 e. The van der Waals surface area contributed by atoms with E-state index in [0.29, 0.717) is 38.8 Å². The zero-order chi connectivity index (χ0) is 15.2. The number of alkyl carbamates (subject to hydrolysis) is 1. The summed E-state index contributed by atoms with van der Waals surface area (Å²) in [6.07, 6.45) is 3.06. The van der Waals surface area contributed by atoms with Crippen LogP contribution in [0.2, 0.25) is 0 Å². The monoisotopic (exact) mass is 310 g/mol. The van der Waals surface area contributed by atoms with Gasteiger partial charge in [-0.2, -0.15) is 0 Å². The summed E-state index contributed by atoms with van der Waals surface area (Å²) in [6, 6.07) is 0.00159. The van der Waals surface area contributed by atoms with E-state index in [1.165, 1.54) is 0 Å². The number of carbonyl (C=O) groups excluding carboxylic acids is 2. The maximum absolute atomic E-state index is 12.9. The van der Waals surface area contributed by atoms with Crippen LogP contribution in [0.3, 0.4) is 0 Å². The van der Waals surface area contributed by atoms with Gasteiger partial charge >= 0.3 is 6.09 Å². The Morgan fingerprint density at radius 1 is 1.27 bits per heavy atom. The lowest BCUT2D eigenvalue weighted by atomic mass is 9.90. The highest BCUT2D eigenvalue weighted by Gasteiger charge is 2.53. The van der Waals surface area contributed by atoms with Gasteiger partial charge in [-0.15, -0.1) is 0 Å². The van der Waals surface area contributed by atoms with Crippen LogP contribution in [0.1, 0.15) is 25.7 Å². The lowest BCUT2D eigenvalue weighted by Crippen LogP contribution is -2.59. The second-order valence-electron chi connectivity index (χ2n) is 6.64. The first-order valence-corrected chi connectivity index (χ1v) is 8.18. The smallest absolute Gasteiger partial charge is 0.407 e. The van der Waals surface area contributed by atoms with Gasteiger partial charge in [-0.1, -0.05) is 0 Å². The van der Waals surface area contributed by atoms with Crippen LogP contribution in [0.25, 0.3) is 0 Å². The third-order valence-electron chi connectivity index (χ3n) is 5.42. The van der Waals surface area contributed by atoms with Crippen LogP contribution >= 0.6 is 0 Å². The molecule has 7 nitrogen and oxygen atoms in total. The molecule has 3 heterocycles. The molecule has 1 aliphatic carbocycles. The number of rotatable bonds is 1. The number of hydrogen-bond acceptors (Lipinski definition) is 5. The molecule has 7 heteroatoms. The van der Waals surface area contributed by atoms with Crippen molar-refractivity contribution in [1.82, 2.24) is 10.2 Å². The molecule has 4 fully saturated rings. The summed E-state index contributed by atoms with van der Waals surface area (Å²) in [7, 11) is 0. The molecule has 4 rings (SSSR count). The van der Waals surface area contributed by atoms with Gasteiger partial charge in [0.2, 0.25) is 5.91 Å². The molecule has 0 aromatic rings. The van der Waals surface area contributed by atoms with Crippen molar-refractivity contribution >= 4 is 12.0 Å². The molecule has 0 radical (unpaired) electrons. The van der Waals surface area contributed by atoms with E-state index >= 15 is 0 Å². The number of cyclic esters (lactones) is 1. The number of nitrogens with zero attached hydrogens (tertiary/aromatic N) is 1. The van der Waals surface area contributed by atoms with E-state index in [2.05, 4.69) is 5.32 Å². The fourth-order valence-corrected chi connectivity index (χ4v) is 4.23. The summed E-state index contributed by atoms with van der Waals surface area (Å²) >= 11 is 0. The highest BCUT2D eigenvalue weighted by Crippen LogP contribution is 2.43. The van der Waals surface area contributed by atoms with Gasteiger partial charge in [-0.25, -0.2) is 4.79 Å². The van der Waals surface area contributed by atoms with Crippen LogP contribution in [0, 0.1) is 11.8 Å². The van der Waals surface area contributed by atoms with Crippen molar-refractivity contribution in [3.8, 4) is 0 Å². The molecular formula is C15H22N2O5. The second kappa shape index (κ2) is 5.38. The summed E-state index contributed by atoms with van der Waals surface area (Å²) in [6.45, 7) is 2.87. The van der Waals surface area contributed by atoms with E-state index < -0.39 is 5.79 Å². The van der Waals surface area contributed by atoms with Crippen LogP contribution in [0.4, 0.5) is 4.79 Å². The van der Waals surface area contributed by atoms with Gasteiger partial charge in [0.1, 0.15) is 0 Å². The van der Waals surface area contributed by atoms with Gasteiger partial charge in [0.15, 0.2) is 5.79 Å². The fourth-order valence-electron chi connectivity index (χ4n) is 4.23. The Labute approximate surface area is 129 Å². The van der Waals surface area contributed by atoms with Gasteiger partial charge in [0.05, 0.1) is 31.8 Å². The van der Waals surface area contributed by atoms with Crippen molar-refractivity contribution < 1.29 is 23.8 Å². The largest absolute Gasteiger partial charge is 0.449 e. The first-order valence-electron chi connectivity index (χ1n) is 8.18. The molecule has 3 aliphatic heterocycles. The van der Waals surface area contributed by atoms with E-state index in [0.717, 1.165) is 25.7 Å². The fraction of sp³-hybridized carbons (Fsp3) is 0.867. The number of hydrogen-bond donors (Lipinski definition) is 1. The predicted molar refractivity (Wildman–Crippen MR) is 74.9 cm³/mol. The first kappa shape index (κ1) is 14.3. The SMILES string of the molecule is O=C1N[C@H]2CN(C(=O)C3CCCC34OCCO4)CC[C@@H]2CO1. The molecule has 1 unspecified atom stereocenters. The Bertz CT molecular complexity index is 471. The molecule has 1 spiro atoms. The molecule has 22 heavy (non-hydrogen) atoms. The summed E-state index contributed by atoms with van der Waals surface area (Å²) in [5.74, 6) is -0.480. The van der Waals surface area contributed by atoms with Gasteiger partial charge in [-0.05, 0) is 19.3 Å². The normalized spacial score (nSPS) is 36.8. The van der Waals surface area contributed by atoms with Crippen LogP contribution in [0.15, 0.2) is 0 Å². The third-order valence-corrected chi connectivity index (χ3v) is 5.42. The maximum atomic E-state index is 12.9. The van der Waals surface area contributed by atoms with Crippen molar-refractivity contribution in [3.63, 3.8) is 0 Å². The Morgan fingerprint density at radius 2 is 2.09 bits per heavy atom. The Hall–Kier alpha value is -1.34. The average molecular weight is 310 g/mol. The minimum absolute atomic E-state index is 0.00159. The lowest BCUT2D eigenvalue weighted by Gasteiger charge is -2.42. The zero-order valence-electron chi connectivity index (χ0n) is 12.6. The van der Waals surface area contributed by atoms with Gasteiger partial charge < -0.3 is 24.4 Å². The molecule has 122 valence electrons. The van der Waals surface area contributed by atoms with E-state index in [1.807, 2.05) is 4.90 Å². The van der Waals surface area contributed by atoms with E-state index in [1.54, 1.807) is 0 Å². The van der Waals surface area contributed by atoms with Crippen LogP contribution < -0.4 is 5.32 Å². The quantitative estimate of drug-likeness (QED) is 0.762. The van der Waals surface area contributed by atoms with Crippen molar-refractivity contribution in [2.75, 3.05) is 32.9 Å². The number of nitrogens with one attached hydrogen (secondary N) is 1. The molecule has 1 N–H and O–H groups in total. The zero-order valence-corrected chi connectivity index (χ0v) is 12.6. The third kappa shape index (κ3) is 2.27. The van der Waals surface area contributed by atoms with Crippen LogP contribution in [0.5, 0.6) is 0 Å². The number of ether oxygens (including phenoxy) is 3. The van der Waals surface area contributed by atoms with Crippen molar-refractivity contribution in [3.05, 3.63) is 0 Å². The van der Waals surface area contributed by atoms with E-state index in [-0.39, 0.29) is 24.0 Å². The summed E-state index contributed by atoms with van der Waals surface area (Å²) in [5, 5.41) is 2.84. The number of fused-ring (bicyclic) bond motifs is 1. The van der Waals surface area contributed by atoms with E-state index in [9.17, 15) is 9.59 Å². The van der Waals surface area contributed by atoms with Gasteiger partial charge in [-0.3, -0.25) is 4.79 Å². The Morgan fingerprint density at radius 3 is 2.91 bits per heavy atom. The molecule has 0 aromatic carbocycles. The molecular weight excluding hydrogens is 288 g/mol. The predicted octanol–water partition coefficient (Wildman–Crippen LogP) is 0.486. The summed E-state index contributed by atoms with van der Waals surface area (Å²) < 4.78 is 16.6. The molecule has 0 aromatic heterocycles. The first-order chi connectivity index (χ1) is 10.7. The number of amides is 2. The van der Waals surface area contributed by atoms with Crippen molar-refractivity contribution in [2.45, 2.75) is 37.5 Å². The highest BCUT2D eigenvalue weighted by atomic mass is 16.7. The minimum atomic E-state index is -0.688. The lowest BCUT2D eigenvalue weighted by molar-refractivity contribution is -0.192. The summed E-state index contributed by atoms with van der Waals surface area (Å²) in [5.41, 5.74) is 0. The molecule has 3 atom stereocenters. The molecule has 0 bridgehead atoms. The Kier molecular flexibility index (Phi) is 3.49. The van der Waals surface area contributed by atoms with E-state index in [4.69, 9.17) is 14.2 Å². The van der Waals surface area contributed by atoms with Crippen LogP contribution in [-0.4, -0.2) is 61.6 Å². The van der Waals surface area contributed by atoms with Crippen molar-refractivity contribution in [2.24, 2.45) is 11.8 Å². The molecule has 3 saturated heterocycles. The minimum Gasteiger partial charge on any atom is -0.449 e. The second-order valence-corrected chi connectivity index (χ2v) is 6.64. The number of piperidine rings is 1.